The number of carboxylic acids is 1. The average Bonchev–Trinajstić information content (AvgIpc) is 2.37. The molecule has 0 spiro atoms. The minimum atomic E-state index is -4.38. The zero-order valence-electron chi connectivity index (χ0n) is 10.4. The van der Waals surface area contributed by atoms with E-state index < -0.39 is 50.4 Å². The number of carboxylic acid groups (broad SMARTS) is 1. The molecule has 0 unspecified atom stereocenters. The number of carbonyl (C=O) groups is 1. The maximum absolute atomic E-state index is 13.5. The van der Waals surface area contributed by atoms with Gasteiger partial charge in [0.05, 0.1) is 16.4 Å². The average molecular weight is 316 g/mol. The summed E-state index contributed by atoms with van der Waals surface area (Å²) < 4.78 is 38.1. The summed E-state index contributed by atoms with van der Waals surface area (Å²) in [5, 5.41) is 19.1. The highest BCUT2D eigenvalue weighted by Gasteiger charge is 2.28. The normalized spacial score (nSPS) is 11.1. The van der Waals surface area contributed by atoms with Gasteiger partial charge in [-0.2, -0.15) is 8.70 Å². The third kappa shape index (κ3) is 3.74. The van der Waals surface area contributed by atoms with Crippen LogP contribution in [0.1, 0.15) is 0 Å². The summed E-state index contributed by atoms with van der Waals surface area (Å²) >= 11 is 0. The Kier molecular flexibility index (Phi) is 4.96. The minimum Gasteiger partial charge on any atom is -0.480 e. The lowest BCUT2D eigenvalue weighted by atomic mass is 10.3. The van der Waals surface area contributed by atoms with Gasteiger partial charge in [-0.25, -0.2) is 8.42 Å². The smallest absolute Gasteiger partial charge is 0.318 e. The van der Waals surface area contributed by atoms with Gasteiger partial charge in [-0.05, 0) is 6.07 Å². The van der Waals surface area contributed by atoms with Crippen LogP contribution < -0.4 is 0 Å². The molecule has 0 saturated heterocycles. The molecular weight excluding hydrogens is 307 g/mol. The maximum Gasteiger partial charge on any atom is 0.318 e. The first-order valence-electron chi connectivity index (χ1n) is 5.29. The van der Waals surface area contributed by atoms with Crippen LogP contribution in [0.25, 0.3) is 0 Å². The fourth-order valence-electron chi connectivity index (χ4n) is 1.42. The number of nitro benzene ring substituents is 1. The predicted octanol–water partition coefficient (Wildman–Crippen LogP) is 0.442. The van der Waals surface area contributed by atoms with Crippen LogP contribution in [0.15, 0.2) is 23.1 Å². The summed E-state index contributed by atoms with van der Waals surface area (Å²) in [6, 6.07) is 1.93. The zero-order chi connectivity index (χ0) is 16.2. The van der Waals surface area contributed by atoms with Crippen molar-refractivity contribution < 1.29 is 27.6 Å². The van der Waals surface area contributed by atoms with Crippen molar-refractivity contribution in [3.05, 3.63) is 34.1 Å². The Balaban J connectivity index is 3.29. The van der Waals surface area contributed by atoms with Crippen LogP contribution in [0.5, 0.6) is 0 Å². The quantitative estimate of drug-likeness (QED) is 0.462. The van der Waals surface area contributed by atoms with Crippen molar-refractivity contribution in [3.63, 3.8) is 0 Å². The molecule has 0 aromatic heterocycles. The van der Waals surface area contributed by atoms with E-state index in [4.69, 9.17) is 11.5 Å². The Morgan fingerprint density at radius 3 is 2.57 bits per heavy atom. The van der Waals surface area contributed by atoms with Gasteiger partial charge in [0.2, 0.25) is 15.8 Å². The van der Waals surface area contributed by atoms with E-state index in [1.807, 2.05) is 5.92 Å². The molecule has 0 radical (unpaired) electrons. The van der Waals surface area contributed by atoms with E-state index in [-0.39, 0.29) is 0 Å². The highest BCUT2D eigenvalue weighted by molar-refractivity contribution is 7.89. The number of aliphatic carboxylic acids is 1. The fourth-order valence-corrected chi connectivity index (χ4v) is 2.74. The molecule has 0 aliphatic heterocycles. The second-order valence-corrected chi connectivity index (χ2v) is 5.68. The van der Waals surface area contributed by atoms with Crippen molar-refractivity contribution in [2.45, 2.75) is 4.90 Å². The molecule has 0 aliphatic rings. The summed E-state index contributed by atoms with van der Waals surface area (Å²) in [6.45, 7) is -1.45. The van der Waals surface area contributed by atoms with Crippen molar-refractivity contribution in [2.24, 2.45) is 0 Å². The Morgan fingerprint density at radius 1 is 1.52 bits per heavy atom. The molecule has 21 heavy (non-hydrogen) atoms. The number of hydrogen-bond donors (Lipinski definition) is 1. The van der Waals surface area contributed by atoms with Gasteiger partial charge in [0.15, 0.2) is 0 Å². The van der Waals surface area contributed by atoms with Gasteiger partial charge >= 0.3 is 11.7 Å². The van der Waals surface area contributed by atoms with Crippen molar-refractivity contribution in [2.75, 3.05) is 13.1 Å². The molecule has 1 rings (SSSR count). The van der Waals surface area contributed by atoms with E-state index in [0.29, 0.717) is 16.4 Å². The summed E-state index contributed by atoms with van der Waals surface area (Å²) in [5.74, 6) is -0.823. The van der Waals surface area contributed by atoms with Crippen molar-refractivity contribution >= 4 is 21.7 Å². The number of terminal acetylenes is 1. The van der Waals surface area contributed by atoms with Gasteiger partial charge in [0.1, 0.15) is 6.54 Å². The molecule has 0 atom stereocenters. The van der Waals surface area contributed by atoms with Crippen LogP contribution in [0.3, 0.4) is 0 Å². The van der Waals surface area contributed by atoms with Crippen LogP contribution in [0, 0.1) is 28.3 Å². The first kappa shape index (κ1) is 16.5. The standard InChI is InChI=1S/C11H9FN2O6S/c1-2-5-13(7-11(15)16)21(19,20)8-3-4-10(14(17)18)9(12)6-8/h1,3-4,6H,5,7H2,(H,15,16). The van der Waals surface area contributed by atoms with E-state index in [1.54, 1.807) is 0 Å². The highest BCUT2D eigenvalue weighted by atomic mass is 32.2. The highest BCUT2D eigenvalue weighted by Crippen LogP contribution is 2.23. The van der Waals surface area contributed by atoms with E-state index >= 15 is 0 Å². The fraction of sp³-hybridized carbons (Fsp3) is 0.182. The molecule has 1 aromatic rings. The number of benzene rings is 1. The number of hydrogen-bond acceptors (Lipinski definition) is 5. The number of halogens is 1. The molecule has 0 saturated carbocycles. The third-order valence-electron chi connectivity index (χ3n) is 2.33. The molecule has 0 bridgehead atoms. The molecule has 112 valence electrons. The Hall–Kier alpha value is -2.51. The molecule has 0 aliphatic carbocycles. The largest absolute Gasteiger partial charge is 0.480 e. The van der Waals surface area contributed by atoms with E-state index in [0.717, 1.165) is 6.07 Å². The van der Waals surface area contributed by atoms with Gasteiger partial charge in [0.25, 0.3) is 0 Å². The van der Waals surface area contributed by atoms with Crippen LogP contribution in [-0.2, 0) is 14.8 Å². The van der Waals surface area contributed by atoms with Gasteiger partial charge in [-0.15, -0.1) is 6.42 Å². The van der Waals surface area contributed by atoms with Crippen LogP contribution in [0.2, 0.25) is 0 Å². The van der Waals surface area contributed by atoms with E-state index in [2.05, 4.69) is 0 Å². The lowest BCUT2D eigenvalue weighted by molar-refractivity contribution is -0.387. The molecular formula is C11H9FN2O6S. The van der Waals surface area contributed by atoms with Gasteiger partial charge < -0.3 is 5.11 Å². The third-order valence-corrected chi connectivity index (χ3v) is 4.12. The number of sulfonamides is 1. The number of nitrogens with zero attached hydrogens (tertiary/aromatic N) is 2. The Bertz CT molecular complexity index is 725. The summed E-state index contributed by atoms with van der Waals surface area (Å²) in [4.78, 5) is 19.5. The minimum absolute atomic E-state index is 0.440. The van der Waals surface area contributed by atoms with Crippen molar-refractivity contribution in [1.29, 1.82) is 0 Å². The lowest BCUT2D eigenvalue weighted by Crippen LogP contribution is -2.36. The number of nitro groups is 1. The Morgan fingerprint density at radius 2 is 2.14 bits per heavy atom. The summed E-state index contributed by atoms with van der Waals surface area (Å²) in [6.07, 6.45) is 4.96. The molecule has 1 N–H and O–H groups in total. The van der Waals surface area contributed by atoms with Gasteiger partial charge in [-0.3, -0.25) is 14.9 Å². The maximum atomic E-state index is 13.5. The summed E-state index contributed by atoms with van der Waals surface area (Å²) in [5.41, 5.74) is -0.893. The molecule has 0 heterocycles. The monoisotopic (exact) mass is 316 g/mol. The first-order valence-corrected chi connectivity index (χ1v) is 6.73. The topological polar surface area (TPSA) is 118 Å². The van der Waals surface area contributed by atoms with Crippen molar-refractivity contribution in [1.82, 2.24) is 4.31 Å². The second-order valence-electron chi connectivity index (χ2n) is 3.74. The number of rotatable bonds is 6. The van der Waals surface area contributed by atoms with Gasteiger partial charge in [-0.1, -0.05) is 5.92 Å². The van der Waals surface area contributed by atoms with E-state index in [9.17, 15) is 27.7 Å². The zero-order valence-corrected chi connectivity index (χ0v) is 11.2. The van der Waals surface area contributed by atoms with Crippen LogP contribution in [0.4, 0.5) is 10.1 Å². The van der Waals surface area contributed by atoms with Crippen LogP contribution in [-0.4, -0.2) is 41.8 Å². The lowest BCUT2D eigenvalue weighted by Gasteiger charge is -2.17. The summed E-state index contributed by atoms with van der Waals surface area (Å²) in [7, 11) is -4.38. The molecule has 0 fully saturated rings. The second kappa shape index (κ2) is 6.29. The first-order chi connectivity index (χ1) is 9.70. The molecule has 1 aromatic carbocycles. The van der Waals surface area contributed by atoms with E-state index in [1.165, 1.54) is 0 Å². The predicted molar refractivity (Wildman–Crippen MR) is 68.3 cm³/mol. The molecule has 0 amide bonds. The van der Waals surface area contributed by atoms with Crippen molar-refractivity contribution in [3.8, 4) is 12.3 Å². The van der Waals surface area contributed by atoms with Gasteiger partial charge in [0, 0.05) is 12.1 Å². The van der Waals surface area contributed by atoms with Crippen LogP contribution >= 0.6 is 0 Å². The molecule has 8 nitrogen and oxygen atoms in total. The molecule has 10 heteroatoms. The Labute approximate surface area is 119 Å². The SMILES string of the molecule is C#CCN(CC(=O)O)S(=O)(=O)c1ccc([N+](=O)[O-])c(F)c1.